The van der Waals surface area contributed by atoms with E-state index >= 15 is 0 Å². The monoisotopic (exact) mass is 333 g/mol. The lowest BCUT2D eigenvalue weighted by atomic mass is 9.48. The molecule has 1 heterocycles. The molecule has 0 aromatic carbocycles. The Morgan fingerprint density at radius 2 is 1.96 bits per heavy atom. The van der Waals surface area contributed by atoms with Crippen LogP contribution in [0.25, 0.3) is 0 Å². The first kappa shape index (κ1) is 15.6. The second kappa shape index (κ2) is 5.83. The SMILES string of the molecule is C[C@@H](NC(=O)CSc1nccn1C)C12CC3CC(CC(C3)C1)C2. The van der Waals surface area contributed by atoms with Gasteiger partial charge in [-0.05, 0) is 68.6 Å². The topological polar surface area (TPSA) is 46.9 Å². The van der Waals surface area contributed by atoms with Gasteiger partial charge < -0.3 is 9.88 Å². The van der Waals surface area contributed by atoms with Crippen molar-refractivity contribution >= 4 is 17.7 Å². The van der Waals surface area contributed by atoms with E-state index in [4.69, 9.17) is 0 Å². The van der Waals surface area contributed by atoms with Crippen molar-refractivity contribution in [2.75, 3.05) is 5.75 Å². The highest BCUT2D eigenvalue weighted by atomic mass is 32.2. The van der Waals surface area contributed by atoms with Gasteiger partial charge in [-0.15, -0.1) is 0 Å². The van der Waals surface area contributed by atoms with Gasteiger partial charge in [0.1, 0.15) is 0 Å². The van der Waals surface area contributed by atoms with Crippen LogP contribution in [0, 0.1) is 23.2 Å². The van der Waals surface area contributed by atoms with Crippen LogP contribution in [-0.4, -0.2) is 27.3 Å². The molecule has 5 rings (SSSR count). The van der Waals surface area contributed by atoms with Crippen LogP contribution >= 0.6 is 11.8 Å². The predicted molar refractivity (Wildman–Crippen MR) is 92.1 cm³/mol. The molecule has 4 bridgehead atoms. The summed E-state index contributed by atoms with van der Waals surface area (Å²) in [5.74, 6) is 3.41. The molecule has 1 atom stereocenters. The smallest absolute Gasteiger partial charge is 0.230 e. The molecule has 4 aliphatic carbocycles. The average molecular weight is 334 g/mol. The fourth-order valence-corrected chi connectivity index (χ4v) is 6.51. The minimum absolute atomic E-state index is 0.154. The molecule has 0 unspecified atom stereocenters. The minimum atomic E-state index is 0.154. The maximum atomic E-state index is 12.4. The highest BCUT2D eigenvalue weighted by Crippen LogP contribution is 2.61. The Morgan fingerprint density at radius 1 is 1.35 bits per heavy atom. The van der Waals surface area contributed by atoms with E-state index in [1.165, 1.54) is 50.3 Å². The van der Waals surface area contributed by atoms with Gasteiger partial charge in [-0.3, -0.25) is 4.79 Å². The van der Waals surface area contributed by atoms with Gasteiger partial charge in [0.25, 0.3) is 0 Å². The second-order valence-electron chi connectivity index (χ2n) is 8.18. The molecule has 4 nitrogen and oxygen atoms in total. The second-order valence-corrected chi connectivity index (χ2v) is 9.12. The van der Waals surface area contributed by atoms with Gasteiger partial charge in [0, 0.05) is 25.5 Å². The van der Waals surface area contributed by atoms with Crippen molar-refractivity contribution < 1.29 is 4.79 Å². The largest absolute Gasteiger partial charge is 0.352 e. The number of imidazole rings is 1. The molecule has 23 heavy (non-hydrogen) atoms. The van der Waals surface area contributed by atoms with E-state index in [1.807, 2.05) is 17.8 Å². The van der Waals surface area contributed by atoms with Gasteiger partial charge in [-0.1, -0.05) is 11.8 Å². The van der Waals surface area contributed by atoms with Crippen molar-refractivity contribution in [2.45, 2.75) is 56.6 Å². The molecule has 126 valence electrons. The number of hydrogen-bond acceptors (Lipinski definition) is 3. The van der Waals surface area contributed by atoms with Crippen LogP contribution in [0.2, 0.25) is 0 Å². The molecular formula is C18H27N3OS. The Balaban J connectivity index is 1.35. The lowest BCUT2D eigenvalue weighted by Gasteiger charge is -2.59. The molecule has 1 aromatic heterocycles. The molecule has 5 heteroatoms. The van der Waals surface area contributed by atoms with Gasteiger partial charge in [0.05, 0.1) is 5.75 Å². The van der Waals surface area contributed by atoms with Gasteiger partial charge in [0.15, 0.2) is 5.16 Å². The molecule has 1 amide bonds. The van der Waals surface area contributed by atoms with E-state index in [0.717, 1.165) is 22.9 Å². The van der Waals surface area contributed by atoms with Crippen LogP contribution < -0.4 is 5.32 Å². The Hall–Kier alpha value is -0.970. The van der Waals surface area contributed by atoms with E-state index in [0.29, 0.717) is 17.2 Å². The Bertz CT molecular complexity index is 562. The van der Waals surface area contributed by atoms with Crippen molar-refractivity contribution in [3.05, 3.63) is 12.4 Å². The molecule has 0 radical (unpaired) electrons. The summed E-state index contributed by atoms with van der Waals surface area (Å²) in [5, 5.41) is 4.23. The number of thioether (sulfide) groups is 1. The third-order valence-corrected chi connectivity index (χ3v) is 7.55. The minimum Gasteiger partial charge on any atom is -0.352 e. The molecule has 1 aromatic rings. The standard InChI is InChI=1S/C18H27N3OS/c1-12(20-16(22)11-23-17-19-3-4-21(17)2)18-8-13-5-14(9-18)7-15(6-13)10-18/h3-4,12-15H,5-11H2,1-2H3,(H,20,22)/t12-,13?,14?,15?,18?/m1/s1. The summed E-state index contributed by atoms with van der Waals surface area (Å²) >= 11 is 1.52. The van der Waals surface area contributed by atoms with Crippen molar-refractivity contribution in [2.24, 2.45) is 30.2 Å². The number of rotatable bonds is 5. The Morgan fingerprint density at radius 3 is 2.48 bits per heavy atom. The van der Waals surface area contributed by atoms with Crippen LogP contribution in [0.5, 0.6) is 0 Å². The molecule has 1 N–H and O–H groups in total. The van der Waals surface area contributed by atoms with E-state index < -0.39 is 0 Å². The lowest BCUT2D eigenvalue weighted by molar-refractivity contribution is -0.123. The van der Waals surface area contributed by atoms with Crippen LogP contribution in [0.3, 0.4) is 0 Å². The summed E-state index contributed by atoms with van der Waals surface area (Å²) in [6.07, 6.45) is 12.1. The summed E-state index contributed by atoms with van der Waals surface area (Å²) < 4.78 is 1.96. The van der Waals surface area contributed by atoms with Crippen LogP contribution in [-0.2, 0) is 11.8 Å². The van der Waals surface area contributed by atoms with Crippen molar-refractivity contribution in [1.29, 1.82) is 0 Å². The normalized spacial score (nSPS) is 36.2. The zero-order chi connectivity index (χ0) is 16.0. The first-order valence-electron chi connectivity index (χ1n) is 8.93. The van der Waals surface area contributed by atoms with Crippen LogP contribution in [0.4, 0.5) is 0 Å². The number of hydrogen-bond donors (Lipinski definition) is 1. The maximum Gasteiger partial charge on any atom is 0.230 e. The molecule has 0 aliphatic heterocycles. The molecule has 4 saturated carbocycles. The average Bonchev–Trinajstić information content (AvgIpc) is 2.89. The lowest BCUT2D eigenvalue weighted by Crippen LogP contribution is -2.56. The number of carbonyl (C=O) groups is 1. The first-order chi connectivity index (χ1) is 11.0. The maximum absolute atomic E-state index is 12.4. The summed E-state index contributed by atoms with van der Waals surface area (Å²) in [6, 6.07) is 0.311. The molecular weight excluding hydrogens is 306 g/mol. The fraction of sp³-hybridized carbons (Fsp3) is 0.778. The highest BCUT2D eigenvalue weighted by molar-refractivity contribution is 7.99. The third kappa shape index (κ3) is 2.92. The van der Waals surface area contributed by atoms with E-state index in [2.05, 4.69) is 17.2 Å². The van der Waals surface area contributed by atoms with E-state index in [-0.39, 0.29) is 5.91 Å². The van der Waals surface area contributed by atoms with Gasteiger partial charge in [-0.2, -0.15) is 0 Å². The summed E-state index contributed by atoms with van der Waals surface area (Å²) in [7, 11) is 1.96. The number of aromatic nitrogens is 2. The number of amides is 1. The number of aryl methyl sites for hydroxylation is 1. The summed E-state index contributed by atoms with van der Waals surface area (Å²) in [4.78, 5) is 16.7. The predicted octanol–water partition coefficient (Wildman–Crippen LogP) is 3.23. The highest BCUT2D eigenvalue weighted by Gasteiger charge is 2.53. The zero-order valence-corrected chi connectivity index (χ0v) is 14.9. The first-order valence-corrected chi connectivity index (χ1v) is 9.92. The molecule has 4 fully saturated rings. The Kier molecular flexibility index (Phi) is 3.94. The van der Waals surface area contributed by atoms with Gasteiger partial charge >= 0.3 is 0 Å². The summed E-state index contributed by atoms with van der Waals surface area (Å²) in [5.41, 5.74) is 0.387. The number of carbonyl (C=O) groups excluding carboxylic acids is 1. The van der Waals surface area contributed by atoms with E-state index in [9.17, 15) is 4.79 Å². The molecule has 0 spiro atoms. The van der Waals surface area contributed by atoms with Crippen LogP contribution in [0.1, 0.15) is 45.4 Å². The van der Waals surface area contributed by atoms with Crippen molar-refractivity contribution in [3.63, 3.8) is 0 Å². The molecule has 0 saturated heterocycles. The van der Waals surface area contributed by atoms with E-state index in [1.54, 1.807) is 6.20 Å². The zero-order valence-electron chi connectivity index (χ0n) is 14.1. The number of nitrogens with zero attached hydrogens (tertiary/aromatic N) is 2. The van der Waals surface area contributed by atoms with Gasteiger partial charge in [0.2, 0.25) is 5.91 Å². The summed E-state index contributed by atoms with van der Waals surface area (Å²) in [6.45, 7) is 2.25. The fourth-order valence-electron chi connectivity index (χ4n) is 5.77. The van der Waals surface area contributed by atoms with Crippen molar-refractivity contribution in [3.8, 4) is 0 Å². The number of nitrogens with one attached hydrogen (secondary N) is 1. The quantitative estimate of drug-likeness (QED) is 0.842. The van der Waals surface area contributed by atoms with Crippen LogP contribution in [0.15, 0.2) is 17.6 Å². The molecule has 4 aliphatic rings. The Labute approximate surface area is 142 Å². The third-order valence-electron chi connectivity index (χ3n) is 6.49. The van der Waals surface area contributed by atoms with Gasteiger partial charge in [-0.25, -0.2) is 4.98 Å². The van der Waals surface area contributed by atoms with Crippen molar-refractivity contribution in [1.82, 2.24) is 14.9 Å².